The van der Waals surface area contributed by atoms with Crippen LogP contribution in [-0.4, -0.2) is 74.9 Å². The summed E-state index contributed by atoms with van der Waals surface area (Å²) in [4.78, 5) is 5.27. The van der Waals surface area contributed by atoms with Gasteiger partial charge in [-0.3, -0.25) is 4.90 Å². The van der Waals surface area contributed by atoms with Gasteiger partial charge in [0.1, 0.15) is 0 Å². The van der Waals surface area contributed by atoms with Crippen LogP contribution < -0.4 is 5.32 Å². The van der Waals surface area contributed by atoms with Crippen molar-refractivity contribution in [1.29, 1.82) is 0 Å². The third-order valence-electron chi connectivity index (χ3n) is 4.97. The summed E-state index contributed by atoms with van der Waals surface area (Å²) >= 11 is 0. The molecule has 0 aromatic heterocycles. The second kappa shape index (κ2) is 7.58. The fraction of sp³-hybridized carbons (Fsp3) is 1.00. The highest BCUT2D eigenvalue weighted by molar-refractivity contribution is 4.87. The van der Waals surface area contributed by atoms with Gasteiger partial charge in [-0.05, 0) is 25.9 Å². The third-order valence-corrected chi connectivity index (χ3v) is 4.97. The molecule has 0 bridgehead atoms. The van der Waals surface area contributed by atoms with Crippen molar-refractivity contribution in [1.82, 2.24) is 15.1 Å². The maximum absolute atomic E-state index is 5.45. The average Bonchev–Trinajstić information content (AvgIpc) is 2.93. The zero-order valence-electron chi connectivity index (χ0n) is 12.9. The zero-order chi connectivity index (χ0) is 13.7. The molecule has 2 heterocycles. The summed E-state index contributed by atoms with van der Waals surface area (Å²) in [5, 5.41) is 3.50. The molecule has 0 aromatic carbocycles. The van der Waals surface area contributed by atoms with Gasteiger partial charge in [0.05, 0.1) is 13.2 Å². The van der Waals surface area contributed by atoms with Gasteiger partial charge in [-0.25, -0.2) is 0 Å². The molecular weight excluding hydrogens is 238 g/mol. The van der Waals surface area contributed by atoms with E-state index in [0.29, 0.717) is 6.04 Å². The third kappa shape index (κ3) is 4.15. The van der Waals surface area contributed by atoms with Crippen molar-refractivity contribution >= 4 is 0 Å². The van der Waals surface area contributed by atoms with Crippen molar-refractivity contribution in [2.45, 2.75) is 38.8 Å². The first-order valence-corrected chi connectivity index (χ1v) is 7.96. The molecule has 3 atom stereocenters. The normalized spacial score (nSPS) is 29.5. The fourth-order valence-electron chi connectivity index (χ4n) is 3.34. The molecule has 0 spiro atoms. The first-order valence-electron chi connectivity index (χ1n) is 7.96. The molecule has 2 aliphatic rings. The summed E-state index contributed by atoms with van der Waals surface area (Å²) in [6.45, 7) is 12.4. The van der Waals surface area contributed by atoms with E-state index >= 15 is 0 Å². The van der Waals surface area contributed by atoms with Gasteiger partial charge in [-0.15, -0.1) is 0 Å². The predicted molar refractivity (Wildman–Crippen MR) is 79.5 cm³/mol. The first kappa shape index (κ1) is 15.2. The van der Waals surface area contributed by atoms with E-state index in [4.69, 9.17) is 4.74 Å². The number of rotatable bonds is 6. The minimum Gasteiger partial charge on any atom is -0.379 e. The molecule has 2 saturated heterocycles. The van der Waals surface area contributed by atoms with Crippen LogP contribution in [0.4, 0.5) is 0 Å². The van der Waals surface area contributed by atoms with Gasteiger partial charge in [0.25, 0.3) is 0 Å². The molecule has 112 valence electrons. The van der Waals surface area contributed by atoms with Gasteiger partial charge in [-0.1, -0.05) is 20.3 Å². The van der Waals surface area contributed by atoms with E-state index in [1.165, 1.54) is 32.5 Å². The lowest BCUT2D eigenvalue weighted by molar-refractivity contribution is 0.0182. The van der Waals surface area contributed by atoms with Crippen molar-refractivity contribution in [3.05, 3.63) is 0 Å². The zero-order valence-corrected chi connectivity index (χ0v) is 12.9. The Labute approximate surface area is 118 Å². The van der Waals surface area contributed by atoms with E-state index < -0.39 is 0 Å². The Bertz CT molecular complexity index is 256. The van der Waals surface area contributed by atoms with E-state index in [9.17, 15) is 0 Å². The number of nitrogens with zero attached hydrogens (tertiary/aromatic N) is 2. The standard InChI is InChI=1S/C15H31N3O/c1-4-13(2)15(16-3)12-17-6-5-14(11-17)18-7-9-19-10-8-18/h13-16H,4-12H2,1-3H3. The summed E-state index contributed by atoms with van der Waals surface area (Å²) in [6, 6.07) is 1.40. The molecule has 4 heteroatoms. The van der Waals surface area contributed by atoms with Crippen LogP contribution in [0.1, 0.15) is 26.7 Å². The number of likely N-dealkylation sites (tertiary alicyclic amines) is 1. The second-order valence-electron chi connectivity index (χ2n) is 6.13. The fourth-order valence-corrected chi connectivity index (χ4v) is 3.34. The van der Waals surface area contributed by atoms with E-state index in [2.05, 4.69) is 36.0 Å². The summed E-state index contributed by atoms with van der Waals surface area (Å²) in [6.07, 6.45) is 2.59. The lowest BCUT2D eigenvalue weighted by Gasteiger charge is -2.33. The number of nitrogens with one attached hydrogen (secondary N) is 1. The van der Waals surface area contributed by atoms with Crippen LogP contribution in [-0.2, 0) is 4.74 Å². The van der Waals surface area contributed by atoms with Gasteiger partial charge in [0, 0.05) is 38.3 Å². The molecule has 0 saturated carbocycles. The molecule has 0 aliphatic carbocycles. The molecular formula is C15H31N3O. The molecule has 3 unspecified atom stereocenters. The SMILES string of the molecule is CCC(C)C(CN1CCC(N2CCOCC2)C1)NC. The monoisotopic (exact) mass is 269 g/mol. The highest BCUT2D eigenvalue weighted by Crippen LogP contribution is 2.18. The van der Waals surface area contributed by atoms with Gasteiger partial charge < -0.3 is 15.0 Å². The van der Waals surface area contributed by atoms with Crippen LogP contribution >= 0.6 is 0 Å². The predicted octanol–water partition coefficient (Wildman–Crippen LogP) is 1.03. The van der Waals surface area contributed by atoms with Crippen molar-refractivity contribution in [3.63, 3.8) is 0 Å². The first-order chi connectivity index (χ1) is 9.24. The Morgan fingerprint density at radius 2 is 2.00 bits per heavy atom. The lowest BCUT2D eigenvalue weighted by atomic mass is 9.99. The molecule has 0 radical (unpaired) electrons. The highest BCUT2D eigenvalue weighted by Gasteiger charge is 2.30. The van der Waals surface area contributed by atoms with E-state index in [1.807, 2.05) is 0 Å². The maximum atomic E-state index is 5.45. The smallest absolute Gasteiger partial charge is 0.0594 e. The molecule has 19 heavy (non-hydrogen) atoms. The average molecular weight is 269 g/mol. The van der Waals surface area contributed by atoms with Crippen LogP contribution in [0.5, 0.6) is 0 Å². The molecule has 0 aromatic rings. The molecule has 4 nitrogen and oxygen atoms in total. The molecule has 2 rings (SSSR count). The minimum absolute atomic E-state index is 0.633. The van der Waals surface area contributed by atoms with E-state index in [1.54, 1.807) is 0 Å². The van der Waals surface area contributed by atoms with Gasteiger partial charge in [-0.2, -0.15) is 0 Å². The highest BCUT2D eigenvalue weighted by atomic mass is 16.5. The molecule has 0 amide bonds. The van der Waals surface area contributed by atoms with Gasteiger partial charge in [0.2, 0.25) is 0 Å². The quantitative estimate of drug-likeness (QED) is 0.779. The Morgan fingerprint density at radius 1 is 1.26 bits per heavy atom. The summed E-state index contributed by atoms with van der Waals surface area (Å²) in [5.41, 5.74) is 0. The molecule has 1 N–H and O–H groups in total. The largest absolute Gasteiger partial charge is 0.379 e. The maximum Gasteiger partial charge on any atom is 0.0594 e. The molecule has 2 aliphatic heterocycles. The minimum atomic E-state index is 0.633. The number of hydrogen-bond acceptors (Lipinski definition) is 4. The number of hydrogen-bond donors (Lipinski definition) is 1. The van der Waals surface area contributed by atoms with E-state index in [-0.39, 0.29) is 0 Å². The van der Waals surface area contributed by atoms with Crippen LogP contribution in [0.3, 0.4) is 0 Å². The Kier molecular flexibility index (Phi) is 6.07. The van der Waals surface area contributed by atoms with E-state index in [0.717, 1.165) is 38.3 Å². The summed E-state index contributed by atoms with van der Waals surface area (Å²) < 4.78 is 5.45. The second-order valence-corrected chi connectivity index (χ2v) is 6.13. The number of ether oxygens (including phenoxy) is 1. The van der Waals surface area contributed by atoms with Gasteiger partial charge in [0.15, 0.2) is 0 Å². The van der Waals surface area contributed by atoms with Crippen molar-refractivity contribution in [2.24, 2.45) is 5.92 Å². The lowest BCUT2D eigenvalue weighted by Crippen LogP contribution is -2.46. The van der Waals surface area contributed by atoms with Crippen molar-refractivity contribution < 1.29 is 4.74 Å². The Hall–Kier alpha value is -0.160. The number of likely N-dealkylation sites (N-methyl/N-ethyl adjacent to an activating group) is 1. The van der Waals surface area contributed by atoms with Gasteiger partial charge >= 0.3 is 0 Å². The molecule has 2 fully saturated rings. The van der Waals surface area contributed by atoms with Crippen molar-refractivity contribution in [3.8, 4) is 0 Å². The Morgan fingerprint density at radius 3 is 2.63 bits per heavy atom. The number of morpholine rings is 1. The Balaban J connectivity index is 1.77. The summed E-state index contributed by atoms with van der Waals surface area (Å²) in [7, 11) is 2.10. The topological polar surface area (TPSA) is 27.7 Å². The van der Waals surface area contributed by atoms with Crippen LogP contribution in [0.15, 0.2) is 0 Å². The van der Waals surface area contributed by atoms with Crippen LogP contribution in [0.25, 0.3) is 0 Å². The van der Waals surface area contributed by atoms with Crippen molar-refractivity contribution in [2.75, 3.05) is 53.0 Å². The van der Waals surface area contributed by atoms with Crippen LogP contribution in [0, 0.1) is 5.92 Å². The van der Waals surface area contributed by atoms with Crippen LogP contribution in [0.2, 0.25) is 0 Å². The summed E-state index contributed by atoms with van der Waals surface area (Å²) in [5.74, 6) is 0.757.